The Morgan fingerprint density at radius 2 is 2.05 bits per heavy atom. The Kier molecular flexibility index (Phi) is 3.80. The molecule has 1 atom stereocenters. The Morgan fingerprint density at radius 1 is 1.38 bits per heavy atom. The minimum absolute atomic E-state index is 0.0181. The molecule has 0 aromatic heterocycles. The van der Waals surface area contributed by atoms with Crippen LogP contribution in [0.4, 0.5) is 18.9 Å². The second-order valence-electron chi connectivity index (χ2n) is 4.66. The molecular weight excluding hydrogens is 291 g/mol. The smallest absolute Gasteiger partial charge is 0.416 e. The van der Waals surface area contributed by atoms with E-state index in [0.717, 1.165) is 17.0 Å². The zero-order chi connectivity index (χ0) is 15.8. The summed E-state index contributed by atoms with van der Waals surface area (Å²) in [5.41, 5.74) is -0.973. The summed E-state index contributed by atoms with van der Waals surface area (Å²) in [5.74, 6) is -2.64. The van der Waals surface area contributed by atoms with Crippen molar-refractivity contribution in [1.82, 2.24) is 0 Å². The first-order valence-electron chi connectivity index (χ1n) is 6.02. The van der Waals surface area contributed by atoms with Gasteiger partial charge in [-0.2, -0.15) is 13.2 Å². The summed E-state index contributed by atoms with van der Waals surface area (Å²) in [5, 5.41) is 8.90. The molecule has 0 aliphatic carbocycles. The third kappa shape index (κ3) is 3.09. The zero-order valence-corrected chi connectivity index (χ0v) is 11.0. The Bertz CT molecular complexity index is 585. The van der Waals surface area contributed by atoms with Crippen LogP contribution in [0, 0.1) is 5.92 Å². The van der Waals surface area contributed by atoms with Crippen molar-refractivity contribution in [1.29, 1.82) is 0 Å². The summed E-state index contributed by atoms with van der Waals surface area (Å²) in [7, 11) is 1.21. The molecule has 0 saturated carbocycles. The van der Waals surface area contributed by atoms with E-state index >= 15 is 0 Å². The van der Waals surface area contributed by atoms with E-state index in [1.807, 2.05) is 0 Å². The average molecular weight is 303 g/mol. The van der Waals surface area contributed by atoms with Gasteiger partial charge in [0.05, 0.1) is 18.6 Å². The van der Waals surface area contributed by atoms with Crippen molar-refractivity contribution in [3.05, 3.63) is 23.8 Å². The molecule has 1 aromatic rings. The Balaban J connectivity index is 2.40. The molecule has 1 amide bonds. The highest BCUT2D eigenvalue weighted by Gasteiger charge is 2.37. The molecule has 1 heterocycles. The predicted molar refractivity (Wildman–Crippen MR) is 66.1 cm³/mol. The lowest BCUT2D eigenvalue weighted by Crippen LogP contribution is -2.26. The molecule has 1 aromatic carbocycles. The molecule has 0 bridgehead atoms. The molecule has 1 N–H and O–H groups in total. The number of alkyl halides is 3. The number of benzene rings is 1. The number of carboxylic acid groups (broad SMARTS) is 1. The van der Waals surface area contributed by atoms with Gasteiger partial charge in [-0.15, -0.1) is 0 Å². The van der Waals surface area contributed by atoms with Gasteiger partial charge in [-0.05, 0) is 12.1 Å². The molecule has 2 rings (SSSR count). The van der Waals surface area contributed by atoms with Crippen molar-refractivity contribution < 1.29 is 32.6 Å². The number of amides is 1. The highest BCUT2D eigenvalue weighted by Crippen LogP contribution is 2.36. The topological polar surface area (TPSA) is 66.8 Å². The van der Waals surface area contributed by atoms with Gasteiger partial charge in [-0.1, -0.05) is 0 Å². The Labute approximate surface area is 117 Å². The van der Waals surface area contributed by atoms with Gasteiger partial charge in [0.1, 0.15) is 5.75 Å². The quantitative estimate of drug-likeness (QED) is 0.929. The fraction of sp³-hybridized carbons (Fsp3) is 0.385. The minimum atomic E-state index is -4.59. The zero-order valence-electron chi connectivity index (χ0n) is 11.0. The van der Waals surface area contributed by atoms with Crippen molar-refractivity contribution in [2.45, 2.75) is 12.6 Å². The SMILES string of the molecule is COc1cc(N2CC(C(=O)O)CC2=O)cc(C(F)(F)F)c1. The number of methoxy groups -OCH3 is 1. The summed E-state index contributed by atoms with van der Waals surface area (Å²) in [6.45, 7) is -0.154. The molecule has 1 aliphatic rings. The van der Waals surface area contributed by atoms with E-state index in [-0.39, 0.29) is 24.4 Å². The van der Waals surface area contributed by atoms with Gasteiger partial charge in [0.25, 0.3) is 0 Å². The lowest BCUT2D eigenvalue weighted by Gasteiger charge is -2.19. The summed E-state index contributed by atoms with van der Waals surface area (Å²) in [6.07, 6.45) is -4.81. The van der Waals surface area contributed by atoms with Crippen LogP contribution < -0.4 is 9.64 Å². The van der Waals surface area contributed by atoms with Crippen LogP contribution in [0.15, 0.2) is 18.2 Å². The van der Waals surface area contributed by atoms with Crippen molar-refractivity contribution in [2.24, 2.45) is 5.92 Å². The summed E-state index contributed by atoms with van der Waals surface area (Å²) >= 11 is 0. The molecule has 5 nitrogen and oxygen atoms in total. The third-order valence-corrected chi connectivity index (χ3v) is 3.24. The highest BCUT2D eigenvalue weighted by molar-refractivity contribution is 5.99. The largest absolute Gasteiger partial charge is 0.497 e. The van der Waals surface area contributed by atoms with Gasteiger partial charge in [-0.3, -0.25) is 9.59 Å². The van der Waals surface area contributed by atoms with E-state index in [4.69, 9.17) is 9.84 Å². The number of aliphatic carboxylic acids is 1. The standard InChI is InChI=1S/C13H12F3NO4/c1-21-10-4-8(13(14,15)16)3-9(5-10)17-6-7(12(19)20)2-11(17)18/h3-5,7H,2,6H2,1H3,(H,19,20). The van der Waals surface area contributed by atoms with E-state index in [0.29, 0.717) is 0 Å². The number of nitrogens with zero attached hydrogens (tertiary/aromatic N) is 1. The van der Waals surface area contributed by atoms with E-state index in [1.165, 1.54) is 13.2 Å². The van der Waals surface area contributed by atoms with Crippen LogP contribution in [-0.2, 0) is 15.8 Å². The van der Waals surface area contributed by atoms with Gasteiger partial charge >= 0.3 is 12.1 Å². The number of hydrogen-bond acceptors (Lipinski definition) is 3. The lowest BCUT2D eigenvalue weighted by molar-refractivity contribution is -0.141. The Morgan fingerprint density at radius 3 is 2.52 bits per heavy atom. The number of halogens is 3. The normalized spacial score (nSPS) is 19.0. The maximum atomic E-state index is 12.8. The second kappa shape index (κ2) is 5.27. The van der Waals surface area contributed by atoms with Crippen LogP contribution in [0.25, 0.3) is 0 Å². The molecule has 1 unspecified atom stereocenters. The number of ether oxygens (including phenoxy) is 1. The molecule has 1 saturated heterocycles. The maximum absolute atomic E-state index is 12.8. The molecule has 21 heavy (non-hydrogen) atoms. The molecular formula is C13H12F3NO4. The fourth-order valence-electron chi connectivity index (χ4n) is 2.14. The van der Waals surface area contributed by atoms with Crippen molar-refractivity contribution in [2.75, 3.05) is 18.6 Å². The summed E-state index contributed by atoms with van der Waals surface area (Å²) < 4.78 is 43.3. The molecule has 0 radical (unpaired) electrons. The molecule has 114 valence electrons. The first kappa shape index (κ1) is 15.1. The van der Waals surface area contributed by atoms with Crippen molar-refractivity contribution in [3.8, 4) is 5.75 Å². The number of anilines is 1. The molecule has 0 spiro atoms. The Hall–Kier alpha value is -2.25. The second-order valence-corrected chi connectivity index (χ2v) is 4.66. The summed E-state index contributed by atoms with van der Waals surface area (Å²) in [4.78, 5) is 23.7. The van der Waals surface area contributed by atoms with Gasteiger partial charge in [0.15, 0.2) is 0 Å². The van der Waals surface area contributed by atoms with E-state index in [9.17, 15) is 22.8 Å². The number of carbonyl (C=O) groups excluding carboxylic acids is 1. The third-order valence-electron chi connectivity index (χ3n) is 3.24. The van der Waals surface area contributed by atoms with Crippen LogP contribution in [0.2, 0.25) is 0 Å². The van der Waals surface area contributed by atoms with Crippen molar-refractivity contribution >= 4 is 17.6 Å². The van der Waals surface area contributed by atoms with Gasteiger partial charge in [-0.25, -0.2) is 0 Å². The van der Waals surface area contributed by atoms with Crippen LogP contribution in [0.5, 0.6) is 5.75 Å². The molecule has 1 fully saturated rings. The monoisotopic (exact) mass is 303 g/mol. The van der Waals surface area contributed by atoms with Crippen LogP contribution in [0.1, 0.15) is 12.0 Å². The van der Waals surface area contributed by atoms with Crippen molar-refractivity contribution in [3.63, 3.8) is 0 Å². The van der Waals surface area contributed by atoms with Gasteiger partial charge in [0.2, 0.25) is 5.91 Å². The van der Waals surface area contributed by atoms with E-state index in [2.05, 4.69) is 0 Å². The maximum Gasteiger partial charge on any atom is 0.416 e. The lowest BCUT2D eigenvalue weighted by atomic mass is 10.1. The van der Waals surface area contributed by atoms with E-state index < -0.39 is 29.5 Å². The minimum Gasteiger partial charge on any atom is -0.497 e. The van der Waals surface area contributed by atoms with Crippen LogP contribution in [-0.4, -0.2) is 30.6 Å². The average Bonchev–Trinajstić information content (AvgIpc) is 2.79. The first-order chi connectivity index (χ1) is 9.72. The van der Waals surface area contributed by atoms with Crippen LogP contribution in [0.3, 0.4) is 0 Å². The fourth-order valence-corrected chi connectivity index (χ4v) is 2.14. The van der Waals surface area contributed by atoms with E-state index in [1.54, 1.807) is 0 Å². The number of carboxylic acids is 1. The van der Waals surface area contributed by atoms with Crippen LogP contribution >= 0.6 is 0 Å². The molecule has 1 aliphatic heterocycles. The van der Waals surface area contributed by atoms with Gasteiger partial charge in [0, 0.05) is 24.7 Å². The molecule has 8 heteroatoms. The number of hydrogen-bond donors (Lipinski definition) is 1. The number of rotatable bonds is 3. The number of carbonyl (C=O) groups is 2. The first-order valence-corrected chi connectivity index (χ1v) is 6.02. The highest BCUT2D eigenvalue weighted by atomic mass is 19.4. The predicted octanol–water partition coefficient (Wildman–Crippen LogP) is 2.15. The summed E-state index contributed by atoms with van der Waals surface area (Å²) in [6, 6.07) is 2.90. The van der Waals surface area contributed by atoms with Gasteiger partial charge < -0.3 is 14.7 Å².